The van der Waals surface area contributed by atoms with Gasteiger partial charge < -0.3 is 10.2 Å². The van der Waals surface area contributed by atoms with E-state index in [-0.39, 0.29) is 5.57 Å². The molecular weight excluding hydrogens is 144 g/mol. The van der Waals surface area contributed by atoms with Crippen molar-refractivity contribution in [1.82, 2.24) is 0 Å². The number of carboxylic acid groups (broad SMARTS) is 1. The average molecular weight is 154 g/mol. The Labute approximate surface area is 65.0 Å². The third-order valence-corrected chi connectivity index (χ3v) is 1.03. The van der Waals surface area contributed by atoms with E-state index in [9.17, 15) is 4.79 Å². The zero-order valence-electron chi connectivity index (χ0n) is 6.19. The smallest absolute Gasteiger partial charge is 0.335 e. The lowest BCUT2D eigenvalue weighted by molar-refractivity contribution is -0.132. The van der Waals surface area contributed by atoms with Crippen molar-refractivity contribution in [3.05, 3.63) is 36.1 Å². The van der Waals surface area contributed by atoms with Gasteiger partial charge in [0.05, 0.1) is 11.8 Å². The van der Waals surface area contributed by atoms with Crippen LogP contribution in [0.3, 0.4) is 0 Å². The third kappa shape index (κ3) is 3.97. The molecule has 0 rings (SSSR count). The first kappa shape index (κ1) is 9.49. The third-order valence-electron chi connectivity index (χ3n) is 1.03. The number of rotatable bonds is 3. The molecule has 0 aromatic rings. The molecule has 0 aromatic carbocycles. The van der Waals surface area contributed by atoms with Gasteiger partial charge in [0.15, 0.2) is 0 Å². The van der Waals surface area contributed by atoms with Crippen LogP contribution in [0.2, 0.25) is 0 Å². The second-order valence-electron chi connectivity index (χ2n) is 1.75. The SMILES string of the molecule is C\C=C(/C=C\C=C\O)C(=O)O. The summed E-state index contributed by atoms with van der Waals surface area (Å²) in [5.41, 5.74) is 0.197. The van der Waals surface area contributed by atoms with Crippen molar-refractivity contribution >= 4 is 5.97 Å². The van der Waals surface area contributed by atoms with Gasteiger partial charge in [-0.25, -0.2) is 4.79 Å². The van der Waals surface area contributed by atoms with Crippen LogP contribution in [0.5, 0.6) is 0 Å². The molecule has 0 aromatic heterocycles. The van der Waals surface area contributed by atoms with Gasteiger partial charge in [0.2, 0.25) is 0 Å². The average Bonchev–Trinajstić information content (AvgIpc) is 1.97. The second kappa shape index (κ2) is 5.29. The first-order valence-electron chi connectivity index (χ1n) is 3.09. The van der Waals surface area contributed by atoms with E-state index in [0.29, 0.717) is 0 Å². The maximum absolute atomic E-state index is 10.3. The maximum Gasteiger partial charge on any atom is 0.335 e. The lowest BCUT2D eigenvalue weighted by Gasteiger charge is -1.88. The predicted molar refractivity (Wildman–Crippen MR) is 42.3 cm³/mol. The zero-order chi connectivity index (χ0) is 8.69. The first-order chi connectivity index (χ1) is 5.22. The number of carboxylic acids is 1. The molecule has 0 bridgehead atoms. The Morgan fingerprint density at radius 1 is 1.36 bits per heavy atom. The summed E-state index contributed by atoms with van der Waals surface area (Å²) in [5.74, 6) is -0.977. The number of carbonyl (C=O) groups is 1. The highest BCUT2D eigenvalue weighted by Crippen LogP contribution is 1.96. The minimum Gasteiger partial charge on any atom is -0.516 e. The molecule has 0 aliphatic heterocycles. The minimum atomic E-state index is -0.977. The van der Waals surface area contributed by atoms with Gasteiger partial charge in [-0.05, 0) is 19.1 Å². The van der Waals surface area contributed by atoms with Crippen LogP contribution >= 0.6 is 0 Å². The Morgan fingerprint density at radius 2 is 2.00 bits per heavy atom. The Balaban J connectivity index is 4.22. The monoisotopic (exact) mass is 154 g/mol. The van der Waals surface area contributed by atoms with E-state index < -0.39 is 5.97 Å². The van der Waals surface area contributed by atoms with Gasteiger partial charge in [0.25, 0.3) is 0 Å². The Bertz CT molecular complexity index is 211. The van der Waals surface area contributed by atoms with Crippen LogP contribution < -0.4 is 0 Å². The van der Waals surface area contributed by atoms with Crippen LogP contribution in [0.25, 0.3) is 0 Å². The molecule has 0 atom stereocenters. The van der Waals surface area contributed by atoms with Crippen molar-refractivity contribution < 1.29 is 15.0 Å². The van der Waals surface area contributed by atoms with E-state index in [2.05, 4.69) is 0 Å². The number of allylic oxidation sites excluding steroid dienone is 3. The van der Waals surface area contributed by atoms with Crippen molar-refractivity contribution in [1.29, 1.82) is 0 Å². The first-order valence-corrected chi connectivity index (χ1v) is 3.09. The molecular formula is C8H10O3. The number of aliphatic carboxylic acids is 1. The number of aliphatic hydroxyl groups is 1. The van der Waals surface area contributed by atoms with Gasteiger partial charge in [0, 0.05) is 0 Å². The molecule has 0 spiro atoms. The fourth-order valence-corrected chi connectivity index (χ4v) is 0.500. The van der Waals surface area contributed by atoms with Gasteiger partial charge in [-0.3, -0.25) is 0 Å². The van der Waals surface area contributed by atoms with Gasteiger partial charge in [-0.2, -0.15) is 0 Å². The van der Waals surface area contributed by atoms with Crippen LogP contribution in [-0.2, 0) is 4.79 Å². The number of hydrogen-bond donors (Lipinski definition) is 2. The maximum atomic E-state index is 10.3. The molecule has 0 amide bonds. The fraction of sp³-hybridized carbons (Fsp3) is 0.125. The molecule has 0 radical (unpaired) electrons. The van der Waals surface area contributed by atoms with E-state index in [0.717, 1.165) is 6.26 Å². The van der Waals surface area contributed by atoms with Gasteiger partial charge in [-0.15, -0.1) is 0 Å². The molecule has 0 aliphatic carbocycles. The van der Waals surface area contributed by atoms with Crippen molar-refractivity contribution in [2.75, 3.05) is 0 Å². The highest BCUT2D eigenvalue weighted by molar-refractivity contribution is 5.89. The molecule has 0 fully saturated rings. The summed E-state index contributed by atoms with van der Waals surface area (Å²) in [4.78, 5) is 10.3. The van der Waals surface area contributed by atoms with Gasteiger partial charge >= 0.3 is 5.97 Å². The van der Waals surface area contributed by atoms with E-state index in [1.165, 1.54) is 24.3 Å². The largest absolute Gasteiger partial charge is 0.516 e. The molecule has 11 heavy (non-hydrogen) atoms. The summed E-state index contributed by atoms with van der Waals surface area (Å²) in [7, 11) is 0. The molecule has 3 nitrogen and oxygen atoms in total. The number of hydrogen-bond acceptors (Lipinski definition) is 2. The van der Waals surface area contributed by atoms with Crippen molar-refractivity contribution in [3.63, 3.8) is 0 Å². The highest BCUT2D eigenvalue weighted by atomic mass is 16.4. The van der Waals surface area contributed by atoms with E-state index >= 15 is 0 Å². The lowest BCUT2D eigenvalue weighted by Crippen LogP contribution is -1.96. The van der Waals surface area contributed by atoms with Crippen LogP contribution in [0.1, 0.15) is 6.92 Å². The van der Waals surface area contributed by atoms with Crippen molar-refractivity contribution in [3.8, 4) is 0 Å². The molecule has 0 heterocycles. The minimum absolute atomic E-state index is 0.197. The molecule has 0 unspecified atom stereocenters. The Morgan fingerprint density at radius 3 is 2.36 bits per heavy atom. The summed E-state index contributed by atoms with van der Waals surface area (Å²) in [6, 6.07) is 0. The molecule has 3 heteroatoms. The lowest BCUT2D eigenvalue weighted by atomic mass is 10.2. The van der Waals surface area contributed by atoms with Gasteiger partial charge in [0.1, 0.15) is 0 Å². The molecule has 0 saturated carbocycles. The van der Waals surface area contributed by atoms with Crippen LogP contribution in [-0.4, -0.2) is 16.2 Å². The Hall–Kier alpha value is -1.51. The topological polar surface area (TPSA) is 57.5 Å². The van der Waals surface area contributed by atoms with E-state index in [4.69, 9.17) is 10.2 Å². The number of aliphatic hydroxyl groups excluding tert-OH is 1. The summed E-state index contributed by atoms with van der Waals surface area (Å²) in [6.07, 6.45) is 6.50. The zero-order valence-corrected chi connectivity index (χ0v) is 6.19. The molecule has 0 saturated heterocycles. The van der Waals surface area contributed by atoms with E-state index in [1.54, 1.807) is 6.92 Å². The van der Waals surface area contributed by atoms with Crippen molar-refractivity contribution in [2.24, 2.45) is 0 Å². The summed E-state index contributed by atoms with van der Waals surface area (Å²) < 4.78 is 0. The Kier molecular flexibility index (Phi) is 4.56. The summed E-state index contributed by atoms with van der Waals surface area (Å²) >= 11 is 0. The fourth-order valence-electron chi connectivity index (χ4n) is 0.500. The summed E-state index contributed by atoms with van der Waals surface area (Å²) in [5, 5.41) is 16.7. The van der Waals surface area contributed by atoms with Crippen LogP contribution in [0.15, 0.2) is 36.1 Å². The quantitative estimate of drug-likeness (QED) is 0.369. The highest BCUT2D eigenvalue weighted by Gasteiger charge is 1.98. The van der Waals surface area contributed by atoms with Gasteiger partial charge in [-0.1, -0.05) is 12.2 Å². The van der Waals surface area contributed by atoms with E-state index in [1.807, 2.05) is 0 Å². The standard InChI is InChI=1S/C8H10O3/c1-2-7(8(10)11)5-3-4-6-9/h2-6,9H,1H3,(H,10,11)/b5-3-,6-4+,7-2+. The molecule has 2 N–H and O–H groups in total. The second-order valence-corrected chi connectivity index (χ2v) is 1.75. The normalized spacial score (nSPS) is 13.0. The predicted octanol–water partition coefficient (Wildman–Crippen LogP) is 1.65. The molecule has 0 aliphatic rings. The molecule has 60 valence electrons. The van der Waals surface area contributed by atoms with Crippen LogP contribution in [0.4, 0.5) is 0 Å². The summed E-state index contributed by atoms with van der Waals surface area (Å²) in [6.45, 7) is 1.64. The van der Waals surface area contributed by atoms with Crippen molar-refractivity contribution in [2.45, 2.75) is 6.92 Å². The van der Waals surface area contributed by atoms with Crippen LogP contribution in [0, 0.1) is 0 Å².